The summed E-state index contributed by atoms with van der Waals surface area (Å²) in [5.41, 5.74) is -0.376. The summed E-state index contributed by atoms with van der Waals surface area (Å²) in [5, 5.41) is 24.2. The predicted molar refractivity (Wildman–Crippen MR) is 69.0 cm³/mol. The van der Waals surface area contributed by atoms with Gasteiger partial charge in [-0.05, 0) is 74.7 Å². The highest BCUT2D eigenvalue weighted by Gasteiger charge is 2.61. The molecule has 0 spiro atoms. The molecule has 0 amide bonds. The minimum Gasteiger partial charge on any atom is -0.396 e. The van der Waals surface area contributed by atoms with Crippen LogP contribution in [0.3, 0.4) is 0 Å². The number of hydrogen-bond donors (Lipinski definition) is 3. The van der Waals surface area contributed by atoms with Crippen molar-refractivity contribution in [3.05, 3.63) is 0 Å². The van der Waals surface area contributed by atoms with Crippen LogP contribution >= 0.6 is 0 Å². The van der Waals surface area contributed by atoms with Crippen LogP contribution in [0.15, 0.2) is 0 Å². The Morgan fingerprint density at radius 3 is 2.39 bits per heavy atom. The lowest BCUT2D eigenvalue weighted by atomic mass is 9.44. The normalized spacial score (nSPS) is 58.3. The minimum atomic E-state index is -0.441. The zero-order chi connectivity index (χ0) is 12.4. The number of aliphatic hydroxyl groups excluding tert-OH is 1. The Labute approximate surface area is 109 Å². The zero-order valence-electron chi connectivity index (χ0n) is 11.1. The summed E-state index contributed by atoms with van der Waals surface area (Å²) in [5.74, 6) is 2.07. The topological polar surface area (TPSA) is 52.5 Å². The highest BCUT2D eigenvalue weighted by molar-refractivity contribution is 5.13. The SMILES string of the molecule is OCC12CC3CC(O)(CC(C1)C3C1CCCN1)C2. The lowest BCUT2D eigenvalue weighted by Crippen LogP contribution is -2.62. The number of hydrogen-bond acceptors (Lipinski definition) is 3. The maximum Gasteiger partial charge on any atom is 0.0659 e. The first-order valence-corrected chi connectivity index (χ1v) is 7.70. The van der Waals surface area contributed by atoms with Gasteiger partial charge in [-0.1, -0.05) is 0 Å². The highest BCUT2D eigenvalue weighted by atomic mass is 16.3. The van der Waals surface area contributed by atoms with Gasteiger partial charge >= 0.3 is 0 Å². The van der Waals surface area contributed by atoms with Crippen LogP contribution in [0, 0.1) is 23.2 Å². The Bertz CT molecular complexity index is 334. The summed E-state index contributed by atoms with van der Waals surface area (Å²) in [6, 6.07) is 0.694. The van der Waals surface area contributed by atoms with Crippen LogP contribution in [0.5, 0.6) is 0 Å². The van der Waals surface area contributed by atoms with Gasteiger partial charge in [0.15, 0.2) is 0 Å². The van der Waals surface area contributed by atoms with Crippen molar-refractivity contribution in [1.29, 1.82) is 0 Å². The maximum atomic E-state index is 10.7. The second-order valence-corrected chi connectivity index (χ2v) is 7.68. The summed E-state index contributed by atoms with van der Waals surface area (Å²) in [4.78, 5) is 0. The average Bonchev–Trinajstić information content (AvgIpc) is 2.80. The second-order valence-electron chi connectivity index (χ2n) is 7.68. The molecule has 1 heterocycles. The van der Waals surface area contributed by atoms with Gasteiger partial charge in [0.2, 0.25) is 0 Å². The van der Waals surface area contributed by atoms with E-state index in [1.807, 2.05) is 0 Å². The van der Waals surface area contributed by atoms with E-state index in [2.05, 4.69) is 5.32 Å². The molecule has 1 saturated heterocycles. The average molecular weight is 251 g/mol. The maximum absolute atomic E-state index is 10.7. The summed E-state index contributed by atoms with van der Waals surface area (Å²) >= 11 is 0. The molecule has 3 nitrogen and oxygen atoms in total. The van der Waals surface area contributed by atoms with Crippen molar-refractivity contribution in [2.24, 2.45) is 23.2 Å². The van der Waals surface area contributed by atoms with Crippen LogP contribution in [0.1, 0.15) is 44.9 Å². The van der Waals surface area contributed by atoms with Crippen molar-refractivity contribution >= 4 is 0 Å². The van der Waals surface area contributed by atoms with E-state index in [1.54, 1.807) is 0 Å². The number of aliphatic hydroxyl groups is 2. The van der Waals surface area contributed by atoms with E-state index in [0.29, 0.717) is 17.9 Å². The standard InChI is InChI=1S/C15H25NO2/c17-9-14-4-10-6-15(18,8-14)7-11(5-14)13(10)12-2-1-3-16-12/h10-13,16-18H,1-9H2. The van der Waals surface area contributed by atoms with Crippen LogP contribution in [-0.2, 0) is 0 Å². The van der Waals surface area contributed by atoms with Crippen molar-refractivity contribution in [2.75, 3.05) is 13.2 Å². The monoisotopic (exact) mass is 251 g/mol. The van der Waals surface area contributed by atoms with Gasteiger partial charge in [-0.25, -0.2) is 0 Å². The van der Waals surface area contributed by atoms with Crippen LogP contribution < -0.4 is 5.32 Å². The molecule has 5 aliphatic rings. The molecule has 0 aromatic rings. The summed E-state index contributed by atoms with van der Waals surface area (Å²) in [7, 11) is 0. The largest absolute Gasteiger partial charge is 0.396 e. The summed E-state index contributed by atoms with van der Waals surface area (Å²) < 4.78 is 0. The smallest absolute Gasteiger partial charge is 0.0659 e. The Hall–Kier alpha value is -0.120. The van der Waals surface area contributed by atoms with Crippen molar-refractivity contribution < 1.29 is 10.2 Å². The lowest BCUT2D eigenvalue weighted by Gasteiger charge is -2.63. The first-order valence-electron chi connectivity index (χ1n) is 7.70. The van der Waals surface area contributed by atoms with Crippen LogP contribution in [0.4, 0.5) is 0 Å². The molecule has 1 aliphatic heterocycles. The molecule has 3 N–H and O–H groups in total. The van der Waals surface area contributed by atoms with E-state index in [-0.39, 0.29) is 12.0 Å². The Morgan fingerprint density at radius 2 is 1.83 bits per heavy atom. The third kappa shape index (κ3) is 1.53. The summed E-state index contributed by atoms with van der Waals surface area (Å²) in [6.45, 7) is 1.46. The second kappa shape index (κ2) is 3.71. The fourth-order valence-corrected chi connectivity index (χ4v) is 6.20. The number of rotatable bonds is 2. The van der Waals surface area contributed by atoms with E-state index >= 15 is 0 Å². The molecular weight excluding hydrogens is 226 g/mol. The molecule has 3 unspecified atom stereocenters. The highest BCUT2D eigenvalue weighted by Crippen LogP contribution is 2.64. The Morgan fingerprint density at radius 1 is 1.11 bits per heavy atom. The Kier molecular flexibility index (Phi) is 2.41. The quantitative estimate of drug-likeness (QED) is 0.693. The van der Waals surface area contributed by atoms with E-state index in [0.717, 1.165) is 38.0 Å². The molecule has 0 aromatic heterocycles. The fraction of sp³-hybridized carbons (Fsp3) is 1.00. The summed E-state index contributed by atoms with van der Waals surface area (Å²) in [6.07, 6.45) is 7.80. The molecule has 5 fully saturated rings. The Balaban J connectivity index is 1.64. The van der Waals surface area contributed by atoms with Crippen molar-refractivity contribution in [3.63, 3.8) is 0 Å². The van der Waals surface area contributed by atoms with Crippen LogP contribution in [0.2, 0.25) is 0 Å². The molecule has 0 aromatic carbocycles. The van der Waals surface area contributed by atoms with Gasteiger partial charge in [-0.3, -0.25) is 0 Å². The molecule has 0 radical (unpaired) electrons. The van der Waals surface area contributed by atoms with Gasteiger partial charge in [-0.2, -0.15) is 0 Å². The van der Waals surface area contributed by atoms with E-state index < -0.39 is 5.60 Å². The van der Waals surface area contributed by atoms with Crippen molar-refractivity contribution in [3.8, 4) is 0 Å². The molecule has 4 aliphatic carbocycles. The van der Waals surface area contributed by atoms with Gasteiger partial charge in [0, 0.05) is 12.6 Å². The van der Waals surface area contributed by atoms with Crippen LogP contribution in [-0.4, -0.2) is 35.0 Å². The zero-order valence-corrected chi connectivity index (χ0v) is 11.1. The fourth-order valence-electron chi connectivity index (χ4n) is 6.20. The van der Waals surface area contributed by atoms with Gasteiger partial charge in [-0.15, -0.1) is 0 Å². The molecule has 5 rings (SSSR count). The van der Waals surface area contributed by atoms with Gasteiger partial charge < -0.3 is 15.5 Å². The first-order chi connectivity index (χ1) is 8.63. The van der Waals surface area contributed by atoms with Crippen molar-refractivity contribution in [1.82, 2.24) is 5.32 Å². The van der Waals surface area contributed by atoms with Gasteiger partial charge in [0.1, 0.15) is 0 Å². The number of nitrogens with one attached hydrogen (secondary N) is 1. The van der Waals surface area contributed by atoms with Gasteiger partial charge in [0.05, 0.1) is 5.60 Å². The molecule has 4 bridgehead atoms. The molecule has 18 heavy (non-hydrogen) atoms. The van der Waals surface area contributed by atoms with E-state index in [9.17, 15) is 10.2 Å². The first kappa shape index (κ1) is 11.7. The molecule has 4 saturated carbocycles. The molecule has 3 heteroatoms. The molecule has 102 valence electrons. The molecule has 3 atom stereocenters. The minimum absolute atomic E-state index is 0.0652. The lowest BCUT2D eigenvalue weighted by molar-refractivity contribution is -0.202. The van der Waals surface area contributed by atoms with Gasteiger partial charge in [0.25, 0.3) is 0 Å². The van der Waals surface area contributed by atoms with E-state index in [4.69, 9.17) is 0 Å². The van der Waals surface area contributed by atoms with Crippen LogP contribution in [0.25, 0.3) is 0 Å². The third-order valence-corrected chi connectivity index (χ3v) is 6.37. The predicted octanol–water partition coefficient (Wildman–Crippen LogP) is 1.29. The van der Waals surface area contributed by atoms with E-state index in [1.165, 1.54) is 19.4 Å². The molecular formula is C15H25NO2. The van der Waals surface area contributed by atoms with Crippen molar-refractivity contribution in [2.45, 2.75) is 56.6 Å². The third-order valence-electron chi connectivity index (χ3n) is 6.37.